The van der Waals surface area contributed by atoms with E-state index >= 15 is 0 Å². The number of rotatable bonds is 2. The van der Waals surface area contributed by atoms with Gasteiger partial charge in [0.05, 0.1) is 6.04 Å². The Bertz CT molecular complexity index is 746. The predicted molar refractivity (Wildman–Crippen MR) is 101 cm³/mol. The maximum absolute atomic E-state index is 6.17. The van der Waals surface area contributed by atoms with Gasteiger partial charge in [-0.2, -0.15) is 0 Å². The number of hydrogen-bond acceptors (Lipinski definition) is 3. The van der Waals surface area contributed by atoms with Gasteiger partial charge in [-0.3, -0.25) is 4.90 Å². The molecule has 2 aromatic rings. The van der Waals surface area contributed by atoms with Crippen LogP contribution in [0.3, 0.4) is 0 Å². The molecule has 1 fully saturated rings. The molecule has 4 rings (SSSR count). The monoisotopic (exact) mass is 386 g/mol. The molecular formula is C20H23BrN2O. The van der Waals surface area contributed by atoms with Crippen molar-refractivity contribution >= 4 is 15.9 Å². The molecule has 0 aromatic heterocycles. The van der Waals surface area contributed by atoms with Crippen LogP contribution in [0.4, 0.5) is 0 Å². The topological polar surface area (TPSA) is 15.7 Å². The highest BCUT2D eigenvalue weighted by molar-refractivity contribution is 9.10. The van der Waals surface area contributed by atoms with Gasteiger partial charge in [-0.15, -0.1) is 0 Å². The number of para-hydroxylation sites is 1. The minimum absolute atomic E-state index is 0.269. The highest BCUT2D eigenvalue weighted by atomic mass is 79.9. The van der Waals surface area contributed by atoms with E-state index in [0.29, 0.717) is 6.04 Å². The third-order valence-corrected chi connectivity index (χ3v) is 5.72. The van der Waals surface area contributed by atoms with E-state index in [-0.39, 0.29) is 6.04 Å². The molecule has 2 aliphatic rings. The summed E-state index contributed by atoms with van der Waals surface area (Å²) in [5.41, 5.74) is 2.55. The Morgan fingerprint density at radius 3 is 2.71 bits per heavy atom. The molecule has 0 bridgehead atoms. The summed E-state index contributed by atoms with van der Waals surface area (Å²) in [6, 6.07) is 15.7. The lowest BCUT2D eigenvalue weighted by atomic mass is 9.91. The third kappa shape index (κ3) is 2.87. The Labute approximate surface area is 152 Å². The van der Waals surface area contributed by atoms with Crippen molar-refractivity contribution in [1.82, 2.24) is 9.80 Å². The molecule has 2 heterocycles. The molecule has 0 saturated carbocycles. The van der Waals surface area contributed by atoms with E-state index < -0.39 is 0 Å². The SMILES string of the molecule is CN(C)C1CCCN(C2c3ccccc3Oc3ccc(Br)cc32)C1. The predicted octanol–water partition coefficient (Wildman–Crippen LogP) is 4.67. The first kappa shape index (κ1) is 16.1. The number of nitrogens with zero attached hydrogens (tertiary/aromatic N) is 2. The van der Waals surface area contributed by atoms with Crippen LogP contribution in [0.25, 0.3) is 0 Å². The first-order chi connectivity index (χ1) is 11.6. The van der Waals surface area contributed by atoms with Gasteiger partial charge < -0.3 is 9.64 Å². The lowest BCUT2D eigenvalue weighted by Gasteiger charge is -2.42. The minimum Gasteiger partial charge on any atom is -0.457 e. The molecule has 3 nitrogen and oxygen atoms in total. The van der Waals surface area contributed by atoms with Gasteiger partial charge in [-0.05, 0) is 57.7 Å². The zero-order chi connectivity index (χ0) is 16.7. The Kier molecular flexibility index (Phi) is 4.37. The summed E-state index contributed by atoms with van der Waals surface area (Å²) in [6.45, 7) is 2.23. The number of benzene rings is 2. The molecular weight excluding hydrogens is 364 g/mol. The number of halogens is 1. The fourth-order valence-electron chi connectivity index (χ4n) is 3.94. The fourth-order valence-corrected chi connectivity index (χ4v) is 4.32. The fraction of sp³-hybridized carbons (Fsp3) is 0.400. The normalized spacial score (nSPS) is 23.5. The van der Waals surface area contributed by atoms with Gasteiger partial charge >= 0.3 is 0 Å². The summed E-state index contributed by atoms with van der Waals surface area (Å²) < 4.78 is 7.28. The van der Waals surface area contributed by atoms with Gasteiger partial charge in [0.25, 0.3) is 0 Å². The van der Waals surface area contributed by atoms with Crippen molar-refractivity contribution in [2.24, 2.45) is 0 Å². The number of likely N-dealkylation sites (N-methyl/N-ethyl adjacent to an activating group) is 1. The van der Waals surface area contributed by atoms with Gasteiger partial charge in [0.1, 0.15) is 11.5 Å². The van der Waals surface area contributed by atoms with Crippen molar-refractivity contribution in [3.63, 3.8) is 0 Å². The second-order valence-electron chi connectivity index (χ2n) is 6.98. The van der Waals surface area contributed by atoms with Gasteiger partial charge in [0.2, 0.25) is 0 Å². The van der Waals surface area contributed by atoms with Crippen LogP contribution >= 0.6 is 15.9 Å². The summed E-state index contributed by atoms with van der Waals surface area (Å²) >= 11 is 3.63. The summed E-state index contributed by atoms with van der Waals surface area (Å²) in [7, 11) is 4.38. The molecule has 4 heteroatoms. The second kappa shape index (κ2) is 6.51. The van der Waals surface area contributed by atoms with Crippen LogP contribution in [0.2, 0.25) is 0 Å². The van der Waals surface area contributed by atoms with E-state index in [1.165, 1.54) is 24.0 Å². The van der Waals surface area contributed by atoms with Crippen molar-refractivity contribution in [2.45, 2.75) is 24.9 Å². The molecule has 2 aliphatic heterocycles. The molecule has 0 aliphatic carbocycles. The number of hydrogen-bond donors (Lipinski definition) is 0. The number of likely N-dealkylation sites (tertiary alicyclic amines) is 1. The molecule has 0 N–H and O–H groups in total. The number of ether oxygens (including phenoxy) is 1. The van der Waals surface area contributed by atoms with Crippen LogP contribution in [0, 0.1) is 0 Å². The largest absolute Gasteiger partial charge is 0.457 e. The molecule has 1 saturated heterocycles. The minimum atomic E-state index is 0.269. The molecule has 24 heavy (non-hydrogen) atoms. The lowest BCUT2D eigenvalue weighted by Crippen LogP contribution is -2.47. The van der Waals surface area contributed by atoms with Crippen molar-refractivity contribution in [3.05, 3.63) is 58.1 Å². The summed E-state index contributed by atoms with van der Waals surface area (Å²) in [6.07, 6.45) is 2.52. The maximum Gasteiger partial charge on any atom is 0.132 e. The average molecular weight is 387 g/mol. The molecule has 2 unspecified atom stereocenters. The highest BCUT2D eigenvalue weighted by Gasteiger charge is 2.34. The van der Waals surface area contributed by atoms with Crippen LogP contribution in [-0.2, 0) is 0 Å². The van der Waals surface area contributed by atoms with Gasteiger partial charge in [0, 0.05) is 28.2 Å². The van der Waals surface area contributed by atoms with Crippen molar-refractivity contribution in [2.75, 3.05) is 27.2 Å². The first-order valence-electron chi connectivity index (χ1n) is 8.60. The molecule has 0 radical (unpaired) electrons. The number of piperidine rings is 1. The highest BCUT2D eigenvalue weighted by Crippen LogP contribution is 2.47. The zero-order valence-corrected chi connectivity index (χ0v) is 15.8. The molecule has 2 aromatic carbocycles. The smallest absolute Gasteiger partial charge is 0.132 e. The second-order valence-corrected chi connectivity index (χ2v) is 7.89. The van der Waals surface area contributed by atoms with Crippen LogP contribution < -0.4 is 4.74 Å². The Morgan fingerprint density at radius 1 is 1.08 bits per heavy atom. The van der Waals surface area contributed by atoms with E-state index in [9.17, 15) is 0 Å². The molecule has 126 valence electrons. The van der Waals surface area contributed by atoms with E-state index in [2.05, 4.69) is 82.3 Å². The van der Waals surface area contributed by atoms with Crippen LogP contribution in [0.5, 0.6) is 11.5 Å². The summed E-state index contributed by atoms with van der Waals surface area (Å²) in [5, 5.41) is 0. The first-order valence-corrected chi connectivity index (χ1v) is 9.39. The molecule has 0 amide bonds. The Morgan fingerprint density at radius 2 is 1.88 bits per heavy atom. The Hall–Kier alpha value is -1.36. The molecule has 2 atom stereocenters. The lowest BCUT2D eigenvalue weighted by molar-refractivity contribution is 0.106. The van der Waals surface area contributed by atoms with Crippen LogP contribution in [0.1, 0.15) is 30.0 Å². The standard InChI is InChI=1S/C20H23BrN2O/c1-22(2)15-6-5-11-23(13-15)20-16-7-3-4-8-18(16)24-19-10-9-14(21)12-17(19)20/h3-4,7-10,12,15,20H,5-6,11,13H2,1-2H3. The van der Waals surface area contributed by atoms with E-state index in [0.717, 1.165) is 29.1 Å². The quantitative estimate of drug-likeness (QED) is 0.745. The van der Waals surface area contributed by atoms with Gasteiger partial charge in [0.15, 0.2) is 0 Å². The van der Waals surface area contributed by atoms with Gasteiger partial charge in [-0.1, -0.05) is 34.1 Å². The van der Waals surface area contributed by atoms with E-state index in [1.54, 1.807) is 0 Å². The average Bonchev–Trinajstić information content (AvgIpc) is 2.60. The Balaban J connectivity index is 1.78. The van der Waals surface area contributed by atoms with Crippen LogP contribution in [0.15, 0.2) is 46.9 Å². The van der Waals surface area contributed by atoms with E-state index in [1.807, 2.05) is 0 Å². The van der Waals surface area contributed by atoms with Crippen LogP contribution in [-0.4, -0.2) is 43.0 Å². The van der Waals surface area contributed by atoms with Crippen molar-refractivity contribution < 1.29 is 4.74 Å². The molecule has 0 spiro atoms. The zero-order valence-electron chi connectivity index (χ0n) is 14.2. The summed E-state index contributed by atoms with van der Waals surface area (Å²) in [4.78, 5) is 4.99. The van der Waals surface area contributed by atoms with Gasteiger partial charge in [-0.25, -0.2) is 0 Å². The number of fused-ring (bicyclic) bond motifs is 2. The van der Waals surface area contributed by atoms with Crippen molar-refractivity contribution in [3.8, 4) is 11.5 Å². The van der Waals surface area contributed by atoms with E-state index in [4.69, 9.17) is 4.74 Å². The third-order valence-electron chi connectivity index (χ3n) is 5.22. The summed E-state index contributed by atoms with van der Waals surface area (Å²) in [5.74, 6) is 1.97. The van der Waals surface area contributed by atoms with Crippen molar-refractivity contribution in [1.29, 1.82) is 0 Å². The maximum atomic E-state index is 6.17.